The van der Waals surface area contributed by atoms with Crippen molar-refractivity contribution in [2.45, 2.75) is 20.4 Å². The molecule has 2 aromatic carbocycles. The molecule has 0 radical (unpaired) electrons. The van der Waals surface area contributed by atoms with E-state index < -0.39 is 5.97 Å². The second kappa shape index (κ2) is 7.33. The first kappa shape index (κ1) is 18.2. The minimum absolute atomic E-state index is 0.0410. The molecule has 5 nitrogen and oxygen atoms in total. The zero-order chi connectivity index (χ0) is 18.8. The van der Waals surface area contributed by atoms with E-state index in [0.29, 0.717) is 22.6 Å². The third kappa shape index (κ3) is 3.65. The topological polar surface area (TPSA) is 71.3 Å². The second-order valence-electron chi connectivity index (χ2n) is 6.54. The number of carbonyl (C=O) groups is 2. The number of hydrogen-bond acceptors (Lipinski definition) is 2. The fraction of sp³-hybridized carbons (Fsp3) is 0.200. The quantitative estimate of drug-likeness (QED) is 0.616. The number of carboxylic acids is 1. The predicted molar refractivity (Wildman–Crippen MR) is 106 cm³/mol. The van der Waals surface area contributed by atoms with Crippen molar-refractivity contribution in [2.75, 3.05) is 5.32 Å². The number of nitrogens with zero attached hydrogens (tertiary/aromatic N) is 1. The number of para-hydroxylation sites is 1. The van der Waals surface area contributed by atoms with Gasteiger partial charge in [-0.3, -0.25) is 4.79 Å². The molecule has 0 bridgehead atoms. The van der Waals surface area contributed by atoms with E-state index in [1.54, 1.807) is 12.1 Å². The number of anilines is 1. The van der Waals surface area contributed by atoms with E-state index in [2.05, 4.69) is 35.1 Å². The maximum atomic E-state index is 12.9. The van der Waals surface area contributed by atoms with Gasteiger partial charge in [-0.15, -0.1) is 0 Å². The highest BCUT2D eigenvalue weighted by atomic mass is 79.9. The molecule has 0 atom stereocenters. The summed E-state index contributed by atoms with van der Waals surface area (Å²) >= 11 is 3.26. The Balaban J connectivity index is 2.02. The molecule has 0 aliphatic heterocycles. The molecule has 6 heteroatoms. The van der Waals surface area contributed by atoms with E-state index in [1.807, 2.05) is 34.9 Å². The average Bonchev–Trinajstić information content (AvgIpc) is 2.94. The van der Waals surface area contributed by atoms with Crippen LogP contribution in [0.2, 0.25) is 0 Å². The third-order valence-electron chi connectivity index (χ3n) is 4.05. The van der Waals surface area contributed by atoms with Crippen LogP contribution in [0.3, 0.4) is 0 Å². The first-order chi connectivity index (χ1) is 12.4. The molecule has 1 aromatic heterocycles. The number of fused-ring (bicyclic) bond motifs is 1. The zero-order valence-corrected chi connectivity index (χ0v) is 16.1. The van der Waals surface area contributed by atoms with Crippen LogP contribution >= 0.6 is 15.9 Å². The molecule has 26 heavy (non-hydrogen) atoms. The highest BCUT2D eigenvalue weighted by Crippen LogP contribution is 2.25. The molecular weight excluding hydrogens is 396 g/mol. The van der Waals surface area contributed by atoms with Crippen molar-refractivity contribution in [3.05, 3.63) is 64.3 Å². The fourth-order valence-electron chi connectivity index (χ4n) is 2.95. The number of carbonyl (C=O) groups excluding carboxylic acids is 1. The van der Waals surface area contributed by atoms with Crippen molar-refractivity contribution in [1.82, 2.24) is 4.57 Å². The van der Waals surface area contributed by atoms with Gasteiger partial charge in [-0.2, -0.15) is 0 Å². The number of nitrogens with one attached hydrogen (secondary N) is 1. The largest absolute Gasteiger partial charge is 0.478 e. The number of benzene rings is 2. The average molecular weight is 415 g/mol. The Kier molecular flexibility index (Phi) is 5.13. The maximum Gasteiger partial charge on any atom is 0.337 e. The molecule has 0 spiro atoms. The van der Waals surface area contributed by atoms with Crippen LogP contribution in [0.4, 0.5) is 5.69 Å². The molecule has 2 N–H and O–H groups in total. The van der Waals surface area contributed by atoms with E-state index in [9.17, 15) is 14.7 Å². The van der Waals surface area contributed by atoms with Crippen LogP contribution in [-0.4, -0.2) is 21.6 Å². The first-order valence-electron chi connectivity index (χ1n) is 8.29. The zero-order valence-electron chi connectivity index (χ0n) is 14.5. The summed E-state index contributed by atoms with van der Waals surface area (Å²) in [7, 11) is 0. The summed E-state index contributed by atoms with van der Waals surface area (Å²) in [4.78, 5) is 24.4. The SMILES string of the molecule is CC(C)Cn1c(C(=O)Nc2ccc(Br)cc2C(=O)O)cc2ccccc21. The summed E-state index contributed by atoms with van der Waals surface area (Å²) in [5.74, 6) is -1.06. The van der Waals surface area contributed by atoms with Crippen LogP contribution < -0.4 is 5.32 Å². The molecule has 0 saturated heterocycles. The minimum Gasteiger partial charge on any atom is -0.478 e. The molecule has 1 amide bonds. The monoisotopic (exact) mass is 414 g/mol. The summed E-state index contributed by atoms with van der Waals surface area (Å²) in [6.45, 7) is 4.88. The highest BCUT2D eigenvalue weighted by molar-refractivity contribution is 9.10. The van der Waals surface area contributed by atoms with E-state index in [4.69, 9.17) is 0 Å². The van der Waals surface area contributed by atoms with Crippen molar-refractivity contribution in [3.63, 3.8) is 0 Å². The Morgan fingerprint density at radius 1 is 1.15 bits per heavy atom. The molecule has 0 saturated carbocycles. The Labute approximate surface area is 159 Å². The number of aromatic nitrogens is 1. The summed E-state index contributed by atoms with van der Waals surface area (Å²) in [6.07, 6.45) is 0. The smallest absolute Gasteiger partial charge is 0.337 e. The molecule has 0 unspecified atom stereocenters. The lowest BCUT2D eigenvalue weighted by Gasteiger charge is -2.14. The van der Waals surface area contributed by atoms with Crippen molar-refractivity contribution in [3.8, 4) is 0 Å². The van der Waals surface area contributed by atoms with Crippen molar-refractivity contribution >= 4 is 44.4 Å². The van der Waals surface area contributed by atoms with Gasteiger partial charge in [0.05, 0.1) is 11.3 Å². The number of amides is 1. The second-order valence-corrected chi connectivity index (χ2v) is 7.46. The summed E-state index contributed by atoms with van der Waals surface area (Å²) in [5.41, 5.74) is 1.81. The van der Waals surface area contributed by atoms with Crippen molar-refractivity contribution < 1.29 is 14.7 Å². The number of rotatable bonds is 5. The van der Waals surface area contributed by atoms with Gasteiger partial charge in [0.2, 0.25) is 0 Å². The van der Waals surface area contributed by atoms with E-state index >= 15 is 0 Å². The van der Waals surface area contributed by atoms with E-state index in [0.717, 1.165) is 10.9 Å². The minimum atomic E-state index is -1.09. The van der Waals surface area contributed by atoms with Gasteiger partial charge in [-0.1, -0.05) is 48.0 Å². The molecular formula is C20H19BrN2O3. The Morgan fingerprint density at radius 3 is 2.58 bits per heavy atom. The molecule has 3 aromatic rings. The van der Waals surface area contributed by atoms with Crippen LogP contribution in [-0.2, 0) is 6.54 Å². The van der Waals surface area contributed by atoms with Gasteiger partial charge in [0, 0.05) is 21.9 Å². The number of aromatic carboxylic acids is 1. The summed E-state index contributed by atoms with van der Waals surface area (Å²) < 4.78 is 2.62. The first-order valence-corrected chi connectivity index (χ1v) is 9.08. The Bertz CT molecular complexity index is 992. The van der Waals surface area contributed by atoms with Gasteiger partial charge in [-0.05, 0) is 36.2 Å². The fourth-order valence-corrected chi connectivity index (χ4v) is 3.31. The van der Waals surface area contributed by atoms with Crippen molar-refractivity contribution in [2.24, 2.45) is 5.92 Å². The van der Waals surface area contributed by atoms with Crippen molar-refractivity contribution in [1.29, 1.82) is 0 Å². The molecule has 1 heterocycles. The summed E-state index contributed by atoms with van der Waals surface area (Å²) in [5, 5.41) is 13.1. The standard InChI is InChI=1S/C20H19BrN2O3/c1-12(2)11-23-17-6-4-3-5-13(17)9-18(23)19(24)22-16-8-7-14(21)10-15(16)20(25)26/h3-10,12H,11H2,1-2H3,(H,22,24)(H,25,26). The summed E-state index contributed by atoms with van der Waals surface area (Å²) in [6, 6.07) is 14.4. The van der Waals surface area contributed by atoms with Crippen LogP contribution in [0.15, 0.2) is 53.0 Å². The number of carboxylic acid groups (broad SMARTS) is 1. The van der Waals surface area contributed by atoms with Gasteiger partial charge >= 0.3 is 5.97 Å². The van der Waals surface area contributed by atoms with Crippen LogP contribution in [0.5, 0.6) is 0 Å². The molecule has 0 aliphatic carbocycles. The van der Waals surface area contributed by atoms with Gasteiger partial charge in [0.25, 0.3) is 5.91 Å². The lowest BCUT2D eigenvalue weighted by Crippen LogP contribution is -2.20. The van der Waals surface area contributed by atoms with E-state index in [-0.39, 0.29) is 17.2 Å². The normalized spacial score (nSPS) is 11.1. The Morgan fingerprint density at radius 2 is 1.88 bits per heavy atom. The van der Waals surface area contributed by atoms with Gasteiger partial charge in [-0.25, -0.2) is 4.79 Å². The lowest BCUT2D eigenvalue weighted by molar-refractivity contribution is 0.0698. The molecule has 134 valence electrons. The number of hydrogen-bond donors (Lipinski definition) is 2. The number of halogens is 1. The van der Waals surface area contributed by atoms with Gasteiger partial charge in [0.15, 0.2) is 0 Å². The van der Waals surface area contributed by atoms with Gasteiger partial charge in [0.1, 0.15) is 5.69 Å². The predicted octanol–water partition coefficient (Wildman–Crippen LogP) is 5.01. The van der Waals surface area contributed by atoms with Gasteiger partial charge < -0.3 is 15.0 Å². The molecule has 0 aliphatic rings. The highest BCUT2D eigenvalue weighted by Gasteiger charge is 2.19. The lowest BCUT2D eigenvalue weighted by atomic mass is 10.1. The van der Waals surface area contributed by atoms with Crippen LogP contribution in [0.1, 0.15) is 34.7 Å². The van der Waals surface area contributed by atoms with E-state index in [1.165, 1.54) is 6.07 Å². The molecule has 3 rings (SSSR count). The van der Waals surface area contributed by atoms with Crippen LogP contribution in [0.25, 0.3) is 10.9 Å². The van der Waals surface area contributed by atoms with Crippen LogP contribution in [0, 0.1) is 5.92 Å². The third-order valence-corrected chi connectivity index (χ3v) is 4.54. The Hall–Kier alpha value is -2.60. The maximum absolute atomic E-state index is 12.9. The molecule has 0 fully saturated rings.